The maximum absolute atomic E-state index is 13.0. The highest BCUT2D eigenvalue weighted by molar-refractivity contribution is 14.1. The van der Waals surface area contributed by atoms with Crippen molar-refractivity contribution < 1.29 is 27.8 Å². The van der Waals surface area contributed by atoms with E-state index in [0.717, 1.165) is 54.7 Å². The van der Waals surface area contributed by atoms with E-state index in [1.54, 1.807) is 0 Å². The Kier molecular flexibility index (Phi) is 6.52. The van der Waals surface area contributed by atoms with E-state index < -0.39 is 21.9 Å². The molecule has 0 amide bonds. The lowest BCUT2D eigenvalue weighted by Crippen LogP contribution is -2.51. The maximum Gasteiger partial charge on any atom is 0.430 e. The predicted molar refractivity (Wildman–Crippen MR) is 80.9 cm³/mol. The Balaban J connectivity index is 2.88. The molecule has 0 heterocycles. The molecule has 0 bridgehead atoms. The van der Waals surface area contributed by atoms with Crippen molar-refractivity contribution >= 4 is 28.6 Å². The molecule has 0 aromatic heterocycles. The van der Waals surface area contributed by atoms with Crippen LogP contribution in [-0.2, 0) is 9.53 Å². The molecule has 7 heteroatoms. The van der Waals surface area contributed by atoms with Gasteiger partial charge < -0.3 is 9.84 Å². The highest BCUT2D eigenvalue weighted by atomic mass is 127. The summed E-state index contributed by atoms with van der Waals surface area (Å²) in [6.07, 6.45) is -1.90. The van der Waals surface area contributed by atoms with Crippen molar-refractivity contribution in [2.75, 3.05) is 0 Å². The molecule has 1 fully saturated rings. The van der Waals surface area contributed by atoms with E-state index in [1.165, 1.54) is 6.92 Å². The summed E-state index contributed by atoms with van der Waals surface area (Å²) >= 11 is 0.921. The minimum Gasteiger partial charge on any atom is -0.455 e. The molecule has 0 aromatic rings. The summed E-state index contributed by atoms with van der Waals surface area (Å²) in [6, 6.07) is 0. The molecule has 0 aromatic carbocycles. The molecule has 3 nitrogen and oxygen atoms in total. The molecule has 1 aliphatic carbocycles. The van der Waals surface area contributed by atoms with Crippen LogP contribution in [0.4, 0.5) is 13.2 Å². The van der Waals surface area contributed by atoms with Gasteiger partial charge in [0.15, 0.2) is 0 Å². The Morgan fingerprint density at radius 3 is 2.33 bits per heavy atom. The van der Waals surface area contributed by atoms with Crippen molar-refractivity contribution in [1.29, 1.82) is 0 Å². The van der Waals surface area contributed by atoms with Crippen molar-refractivity contribution in [3.63, 3.8) is 0 Å². The summed E-state index contributed by atoms with van der Waals surface area (Å²) < 4.78 is 40.9. The molecule has 0 aliphatic heterocycles. The largest absolute Gasteiger partial charge is 0.455 e. The first-order valence-corrected chi connectivity index (χ1v) is 7.98. The number of aliphatic hydroxyl groups is 1. The number of halogens is 4. The van der Waals surface area contributed by atoms with Crippen molar-refractivity contribution in [2.45, 2.75) is 61.3 Å². The highest BCUT2D eigenvalue weighted by Crippen LogP contribution is 2.43. The van der Waals surface area contributed by atoms with Crippen LogP contribution in [0, 0.1) is 5.92 Å². The second-order valence-electron chi connectivity index (χ2n) is 5.59. The van der Waals surface area contributed by atoms with E-state index in [1.807, 2.05) is 0 Å². The maximum atomic E-state index is 13.0. The first-order chi connectivity index (χ1) is 9.55. The second kappa shape index (κ2) is 7.30. The number of rotatable bonds is 5. The van der Waals surface area contributed by atoms with Crippen molar-refractivity contribution in [2.24, 2.45) is 5.92 Å². The average molecular weight is 420 g/mol. The molecule has 1 rings (SSSR count). The third kappa shape index (κ3) is 5.12. The van der Waals surface area contributed by atoms with Crippen LogP contribution in [0.2, 0.25) is 0 Å². The lowest BCUT2D eigenvalue weighted by Gasteiger charge is -2.35. The fourth-order valence-corrected chi connectivity index (χ4v) is 2.80. The van der Waals surface area contributed by atoms with Crippen LogP contribution in [0.5, 0.6) is 0 Å². The van der Waals surface area contributed by atoms with Gasteiger partial charge in [0.05, 0.1) is 0 Å². The lowest BCUT2D eigenvalue weighted by molar-refractivity contribution is -0.245. The van der Waals surface area contributed by atoms with Gasteiger partial charge in [0, 0.05) is 5.57 Å². The van der Waals surface area contributed by atoms with Gasteiger partial charge in [0.1, 0.15) is 6.10 Å². The average Bonchev–Trinajstić information content (AvgIpc) is 2.37. The standard InChI is InChI=1S/C14H20F3IO3/c1-9(2)12(19)21-11(13(18,20)14(15,16)17)8-10-6-4-3-5-7-10/h10-11,20H,1,3-8H2,2H3. The quantitative estimate of drug-likeness (QED) is 0.315. The first kappa shape index (κ1) is 18.7. The third-order valence-corrected chi connectivity index (χ3v) is 5.00. The Morgan fingerprint density at radius 1 is 1.38 bits per heavy atom. The van der Waals surface area contributed by atoms with E-state index in [0.29, 0.717) is 0 Å². The van der Waals surface area contributed by atoms with Crippen molar-refractivity contribution in [3.8, 4) is 0 Å². The number of alkyl halides is 4. The summed E-state index contributed by atoms with van der Waals surface area (Å²) in [5.41, 5.74) is 0.0121. The number of carbonyl (C=O) groups excluding carboxylic acids is 1. The van der Waals surface area contributed by atoms with Gasteiger partial charge in [-0.3, -0.25) is 0 Å². The summed E-state index contributed by atoms with van der Waals surface area (Å²) in [4.78, 5) is 11.6. The van der Waals surface area contributed by atoms with Crippen LogP contribution < -0.4 is 0 Å². The Hall–Kier alpha value is -0.310. The molecular weight excluding hydrogens is 400 g/mol. The molecular formula is C14H20F3IO3. The molecule has 0 radical (unpaired) electrons. The topological polar surface area (TPSA) is 46.5 Å². The van der Waals surface area contributed by atoms with Gasteiger partial charge in [0.2, 0.25) is 3.61 Å². The molecule has 1 saturated carbocycles. The molecule has 1 N–H and O–H groups in total. The molecule has 1 aliphatic rings. The number of hydrogen-bond acceptors (Lipinski definition) is 3. The molecule has 0 saturated heterocycles. The molecule has 2 atom stereocenters. The van der Waals surface area contributed by atoms with Gasteiger partial charge in [-0.25, -0.2) is 4.79 Å². The van der Waals surface area contributed by atoms with Crippen LogP contribution in [0.1, 0.15) is 45.4 Å². The normalized spacial score (nSPS) is 21.4. The van der Waals surface area contributed by atoms with Crippen LogP contribution >= 0.6 is 22.6 Å². The van der Waals surface area contributed by atoms with E-state index >= 15 is 0 Å². The van der Waals surface area contributed by atoms with E-state index in [9.17, 15) is 23.1 Å². The Bertz CT molecular complexity index is 387. The van der Waals surface area contributed by atoms with Gasteiger partial charge in [-0.2, -0.15) is 13.2 Å². The predicted octanol–water partition coefficient (Wildman–Crippen LogP) is 4.13. The lowest BCUT2D eigenvalue weighted by atomic mass is 9.84. The number of carbonyl (C=O) groups is 1. The van der Waals surface area contributed by atoms with Gasteiger partial charge in [-0.05, 0) is 41.9 Å². The Morgan fingerprint density at radius 2 is 1.90 bits per heavy atom. The SMILES string of the molecule is C=C(C)C(=O)OC(CC1CCCCC1)C(O)(I)C(F)(F)F. The van der Waals surface area contributed by atoms with E-state index in [4.69, 9.17) is 4.74 Å². The smallest absolute Gasteiger partial charge is 0.430 e. The van der Waals surface area contributed by atoms with Crippen molar-refractivity contribution in [1.82, 2.24) is 0 Å². The van der Waals surface area contributed by atoms with Gasteiger partial charge >= 0.3 is 12.1 Å². The van der Waals surface area contributed by atoms with Crippen LogP contribution in [-0.4, -0.2) is 27.0 Å². The van der Waals surface area contributed by atoms with Gasteiger partial charge in [-0.15, -0.1) is 0 Å². The fraction of sp³-hybridized carbons (Fsp3) is 0.786. The van der Waals surface area contributed by atoms with Crippen LogP contribution in [0.25, 0.3) is 0 Å². The summed E-state index contributed by atoms with van der Waals surface area (Å²) in [5, 5.41) is 9.83. The third-order valence-electron chi connectivity index (χ3n) is 3.69. The zero-order valence-corrected chi connectivity index (χ0v) is 14.0. The van der Waals surface area contributed by atoms with E-state index in [-0.39, 0.29) is 17.9 Å². The highest BCUT2D eigenvalue weighted by Gasteiger charge is 2.59. The molecule has 122 valence electrons. The number of ether oxygens (including phenoxy) is 1. The number of hydrogen-bond donors (Lipinski definition) is 1. The zero-order chi connectivity index (χ0) is 16.3. The minimum absolute atomic E-state index is 0.0119. The summed E-state index contributed by atoms with van der Waals surface area (Å²) in [6.45, 7) is 4.72. The molecule has 21 heavy (non-hydrogen) atoms. The second-order valence-corrected chi connectivity index (χ2v) is 7.23. The van der Waals surface area contributed by atoms with E-state index in [2.05, 4.69) is 6.58 Å². The number of esters is 1. The summed E-state index contributed by atoms with van der Waals surface area (Å²) in [7, 11) is 0. The van der Waals surface area contributed by atoms with Crippen molar-refractivity contribution in [3.05, 3.63) is 12.2 Å². The molecule has 2 unspecified atom stereocenters. The minimum atomic E-state index is -4.87. The fourth-order valence-electron chi connectivity index (χ4n) is 2.42. The van der Waals surface area contributed by atoms with Gasteiger partial charge in [-0.1, -0.05) is 38.7 Å². The Labute approximate surface area is 136 Å². The zero-order valence-electron chi connectivity index (χ0n) is 11.9. The molecule has 0 spiro atoms. The first-order valence-electron chi connectivity index (χ1n) is 6.90. The van der Waals surface area contributed by atoms with Crippen LogP contribution in [0.3, 0.4) is 0 Å². The van der Waals surface area contributed by atoms with Gasteiger partial charge in [0.25, 0.3) is 0 Å². The van der Waals surface area contributed by atoms with Crippen LogP contribution in [0.15, 0.2) is 12.2 Å². The monoisotopic (exact) mass is 420 g/mol. The summed E-state index contributed by atoms with van der Waals surface area (Å²) in [5.74, 6) is -0.875.